The molecule has 13 nitrogen and oxygen atoms in total. The van der Waals surface area contributed by atoms with Gasteiger partial charge in [-0.3, -0.25) is 24.5 Å². The standard InChI is InChI=1S/C21H26N6O7/c1-14(28)25-15-4-6-17(7-5-15)34-21(31)18(11-16-12-22-13-24-16)26-20(30)8-9-23-19(29)3-2-10-27(32)33/h4-7,12-13,18H,2-3,8-11H2,1H3,(H,22,24)(H,23,29)(H,25,28)(H,26,30)/t18-/m0/s1. The van der Waals surface area contributed by atoms with Gasteiger partial charge in [0.15, 0.2) is 0 Å². The van der Waals surface area contributed by atoms with Gasteiger partial charge in [0.2, 0.25) is 24.3 Å². The van der Waals surface area contributed by atoms with Crippen LogP contribution in [0.25, 0.3) is 0 Å². The fourth-order valence-electron chi connectivity index (χ4n) is 2.85. The van der Waals surface area contributed by atoms with E-state index in [0.29, 0.717) is 11.4 Å². The molecule has 0 spiro atoms. The van der Waals surface area contributed by atoms with Crippen molar-refractivity contribution >= 4 is 29.4 Å². The summed E-state index contributed by atoms with van der Waals surface area (Å²) in [6, 6.07) is 5.12. The Balaban J connectivity index is 1.89. The molecule has 0 radical (unpaired) electrons. The first-order valence-corrected chi connectivity index (χ1v) is 10.5. The summed E-state index contributed by atoms with van der Waals surface area (Å²) < 4.78 is 5.37. The molecule has 3 amide bonds. The van der Waals surface area contributed by atoms with Crippen molar-refractivity contribution in [1.82, 2.24) is 20.6 Å². The molecule has 1 aromatic carbocycles. The number of esters is 1. The average molecular weight is 474 g/mol. The number of rotatable bonds is 13. The van der Waals surface area contributed by atoms with Crippen molar-refractivity contribution in [2.75, 3.05) is 18.4 Å². The van der Waals surface area contributed by atoms with E-state index in [1.165, 1.54) is 31.6 Å². The van der Waals surface area contributed by atoms with Crippen LogP contribution >= 0.6 is 0 Å². The third kappa shape index (κ3) is 9.89. The number of nitrogens with one attached hydrogen (secondary N) is 4. The monoisotopic (exact) mass is 474 g/mol. The van der Waals surface area contributed by atoms with Crippen LogP contribution in [0.15, 0.2) is 36.8 Å². The molecule has 1 atom stereocenters. The van der Waals surface area contributed by atoms with Crippen LogP contribution in [0.4, 0.5) is 5.69 Å². The minimum atomic E-state index is -1.03. The van der Waals surface area contributed by atoms with Gasteiger partial charge in [0.05, 0.1) is 6.33 Å². The molecule has 13 heteroatoms. The molecule has 0 aliphatic rings. The van der Waals surface area contributed by atoms with E-state index in [0.717, 1.165) is 0 Å². The maximum absolute atomic E-state index is 12.7. The summed E-state index contributed by atoms with van der Waals surface area (Å²) >= 11 is 0. The lowest BCUT2D eigenvalue weighted by atomic mass is 10.1. The zero-order valence-electron chi connectivity index (χ0n) is 18.5. The van der Waals surface area contributed by atoms with E-state index in [4.69, 9.17) is 4.74 Å². The lowest BCUT2D eigenvalue weighted by molar-refractivity contribution is -0.480. The minimum Gasteiger partial charge on any atom is -0.425 e. The van der Waals surface area contributed by atoms with E-state index in [9.17, 15) is 29.3 Å². The number of carbonyl (C=O) groups is 4. The minimum absolute atomic E-state index is 0.0135. The Morgan fingerprint density at radius 3 is 2.50 bits per heavy atom. The molecule has 34 heavy (non-hydrogen) atoms. The molecule has 4 N–H and O–H groups in total. The zero-order valence-corrected chi connectivity index (χ0v) is 18.5. The van der Waals surface area contributed by atoms with Crippen LogP contribution in [0.1, 0.15) is 31.9 Å². The molecule has 1 aromatic heterocycles. The van der Waals surface area contributed by atoms with Gasteiger partial charge in [0.25, 0.3) is 0 Å². The molecule has 0 unspecified atom stereocenters. The molecule has 182 valence electrons. The molecule has 0 fully saturated rings. The second-order valence-electron chi connectivity index (χ2n) is 7.29. The van der Waals surface area contributed by atoms with Crippen molar-refractivity contribution in [2.45, 2.75) is 38.6 Å². The van der Waals surface area contributed by atoms with E-state index in [1.807, 2.05) is 0 Å². The highest BCUT2D eigenvalue weighted by molar-refractivity contribution is 5.89. The molecule has 0 saturated carbocycles. The predicted octanol–water partition coefficient (Wildman–Crippen LogP) is 0.564. The molecule has 0 aliphatic carbocycles. The normalized spacial score (nSPS) is 11.2. The number of nitro groups is 1. The van der Waals surface area contributed by atoms with Gasteiger partial charge in [-0.15, -0.1) is 0 Å². The van der Waals surface area contributed by atoms with Gasteiger partial charge in [-0.2, -0.15) is 0 Å². The van der Waals surface area contributed by atoms with Gasteiger partial charge in [0, 0.05) is 61.7 Å². The topological polar surface area (TPSA) is 185 Å². The predicted molar refractivity (Wildman–Crippen MR) is 119 cm³/mol. The van der Waals surface area contributed by atoms with Crippen LogP contribution in [0.3, 0.4) is 0 Å². The number of benzene rings is 1. The first-order valence-electron chi connectivity index (χ1n) is 10.5. The number of hydrogen-bond acceptors (Lipinski definition) is 8. The SMILES string of the molecule is CC(=O)Nc1ccc(OC(=O)[C@H](Cc2cnc[nH]2)NC(=O)CCNC(=O)CCC[N+](=O)[O-])cc1. The van der Waals surface area contributed by atoms with Crippen molar-refractivity contribution in [1.29, 1.82) is 0 Å². The first kappa shape index (κ1) is 26.0. The molecule has 1 heterocycles. The van der Waals surface area contributed by atoms with Crippen LogP contribution in [0.2, 0.25) is 0 Å². The average Bonchev–Trinajstić information content (AvgIpc) is 3.27. The van der Waals surface area contributed by atoms with Crippen LogP contribution in [-0.4, -0.2) is 57.7 Å². The van der Waals surface area contributed by atoms with Crippen molar-refractivity contribution < 1.29 is 28.8 Å². The third-order valence-corrected chi connectivity index (χ3v) is 4.41. The summed E-state index contributed by atoms with van der Waals surface area (Å²) in [5, 5.41) is 18.0. The van der Waals surface area contributed by atoms with Crippen molar-refractivity contribution in [3.8, 4) is 5.75 Å². The summed E-state index contributed by atoms with van der Waals surface area (Å²) in [5.41, 5.74) is 1.14. The maximum Gasteiger partial charge on any atom is 0.334 e. The summed E-state index contributed by atoms with van der Waals surface area (Å²) in [6.07, 6.45) is 3.04. The van der Waals surface area contributed by atoms with Gasteiger partial charge < -0.3 is 25.7 Å². The van der Waals surface area contributed by atoms with Gasteiger partial charge in [-0.25, -0.2) is 9.78 Å². The smallest absolute Gasteiger partial charge is 0.334 e. The van der Waals surface area contributed by atoms with Crippen LogP contribution in [0, 0.1) is 10.1 Å². The van der Waals surface area contributed by atoms with Gasteiger partial charge >= 0.3 is 5.97 Å². The Labute approximate surface area is 194 Å². The Bertz CT molecular complexity index is 992. The van der Waals surface area contributed by atoms with Crippen molar-refractivity contribution in [3.63, 3.8) is 0 Å². The van der Waals surface area contributed by atoms with Gasteiger partial charge in [-0.1, -0.05) is 0 Å². The van der Waals surface area contributed by atoms with Crippen molar-refractivity contribution in [2.24, 2.45) is 0 Å². The molecule has 2 aromatic rings. The van der Waals surface area contributed by atoms with E-state index in [-0.39, 0.29) is 50.4 Å². The highest BCUT2D eigenvalue weighted by Gasteiger charge is 2.24. The molecule has 2 rings (SSSR count). The lowest BCUT2D eigenvalue weighted by Gasteiger charge is -2.17. The Hall–Kier alpha value is -4.29. The number of carbonyl (C=O) groups excluding carboxylic acids is 4. The van der Waals surface area contributed by atoms with E-state index in [1.54, 1.807) is 12.1 Å². The van der Waals surface area contributed by atoms with Crippen LogP contribution < -0.4 is 20.7 Å². The Kier molecular flexibility index (Phi) is 10.2. The summed E-state index contributed by atoms with van der Waals surface area (Å²) in [7, 11) is 0. The fraction of sp³-hybridized carbons (Fsp3) is 0.381. The second-order valence-corrected chi connectivity index (χ2v) is 7.29. The molecule has 0 saturated heterocycles. The Morgan fingerprint density at radius 2 is 1.88 bits per heavy atom. The van der Waals surface area contributed by atoms with Crippen LogP contribution in [-0.2, 0) is 25.6 Å². The summed E-state index contributed by atoms with van der Waals surface area (Å²) in [5.74, 6) is -1.61. The molecule has 0 bridgehead atoms. The molecule has 0 aliphatic heterocycles. The number of aromatic nitrogens is 2. The number of hydrogen-bond donors (Lipinski definition) is 4. The summed E-state index contributed by atoms with van der Waals surface area (Å²) in [4.78, 5) is 64.4. The number of H-pyrrole nitrogens is 1. The van der Waals surface area contributed by atoms with E-state index >= 15 is 0 Å². The third-order valence-electron chi connectivity index (χ3n) is 4.41. The number of nitrogens with zero attached hydrogens (tertiary/aromatic N) is 2. The lowest BCUT2D eigenvalue weighted by Crippen LogP contribution is -2.45. The number of imidazole rings is 1. The first-order chi connectivity index (χ1) is 16.2. The number of amides is 3. The largest absolute Gasteiger partial charge is 0.425 e. The van der Waals surface area contributed by atoms with Gasteiger partial charge in [-0.05, 0) is 24.3 Å². The summed E-state index contributed by atoms with van der Waals surface area (Å²) in [6.45, 7) is 1.08. The zero-order chi connectivity index (χ0) is 24.9. The second kappa shape index (κ2) is 13.3. The molecular weight excluding hydrogens is 448 g/mol. The van der Waals surface area contributed by atoms with Crippen LogP contribution in [0.5, 0.6) is 5.75 Å². The fourth-order valence-corrected chi connectivity index (χ4v) is 2.85. The van der Waals surface area contributed by atoms with Crippen molar-refractivity contribution in [3.05, 3.63) is 52.6 Å². The number of ether oxygens (including phenoxy) is 1. The highest BCUT2D eigenvalue weighted by Crippen LogP contribution is 2.16. The highest BCUT2D eigenvalue weighted by atomic mass is 16.6. The van der Waals surface area contributed by atoms with E-state index < -0.39 is 28.7 Å². The maximum atomic E-state index is 12.7. The van der Waals surface area contributed by atoms with E-state index in [2.05, 4.69) is 25.9 Å². The number of aromatic amines is 1. The Morgan fingerprint density at radius 1 is 1.15 bits per heavy atom. The number of anilines is 1. The van der Waals surface area contributed by atoms with Gasteiger partial charge in [0.1, 0.15) is 11.8 Å². The quantitative estimate of drug-likeness (QED) is 0.140. The molecular formula is C21H26N6O7.